The highest BCUT2D eigenvalue weighted by Crippen LogP contribution is 2.26. The van der Waals surface area contributed by atoms with E-state index in [0.29, 0.717) is 5.76 Å². The number of ether oxygens (including phenoxy) is 1. The number of rotatable bonds is 5. The van der Waals surface area contributed by atoms with Crippen molar-refractivity contribution >= 4 is 17.5 Å². The highest BCUT2D eigenvalue weighted by molar-refractivity contribution is 5.97. The molecule has 1 aromatic heterocycles. The number of amides is 2. The molecular formula is C17H15F3N2O4. The molecule has 1 aliphatic rings. The first-order chi connectivity index (χ1) is 12.3. The number of anilines is 1. The van der Waals surface area contributed by atoms with Crippen molar-refractivity contribution in [2.24, 2.45) is 5.92 Å². The van der Waals surface area contributed by atoms with Gasteiger partial charge < -0.3 is 19.4 Å². The lowest BCUT2D eigenvalue weighted by Crippen LogP contribution is -2.27. The van der Waals surface area contributed by atoms with Crippen LogP contribution in [0.25, 0.3) is 0 Å². The van der Waals surface area contributed by atoms with Crippen LogP contribution in [0.4, 0.5) is 18.9 Å². The fourth-order valence-corrected chi connectivity index (χ4v) is 2.71. The van der Waals surface area contributed by atoms with Gasteiger partial charge in [0.1, 0.15) is 11.5 Å². The zero-order valence-corrected chi connectivity index (χ0v) is 13.5. The third-order valence-corrected chi connectivity index (χ3v) is 3.85. The topological polar surface area (TPSA) is 71.8 Å². The van der Waals surface area contributed by atoms with Crippen molar-refractivity contribution in [3.63, 3.8) is 0 Å². The second-order valence-corrected chi connectivity index (χ2v) is 5.82. The Labute approximate surface area is 146 Å². The Morgan fingerprint density at radius 1 is 1.31 bits per heavy atom. The van der Waals surface area contributed by atoms with Gasteiger partial charge in [-0.3, -0.25) is 9.59 Å². The standard InChI is InChI=1S/C17H15F3N2O4/c18-17(19,20)26-13-4-1-3-12(8-13)21-16(24)11-7-15(23)22(9-11)10-14-5-2-6-25-14/h1-6,8,11H,7,9-10H2,(H,21,24)/t11-/m0/s1. The van der Waals surface area contributed by atoms with E-state index in [9.17, 15) is 22.8 Å². The molecule has 26 heavy (non-hydrogen) atoms. The first-order valence-corrected chi connectivity index (χ1v) is 7.77. The summed E-state index contributed by atoms with van der Waals surface area (Å²) in [5.74, 6) is -1.04. The minimum atomic E-state index is -4.81. The van der Waals surface area contributed by atoms with Crippen LogP contribution < -0.4 is 10.1 Å². The molecular weight excluding hydrogens is 353 g/mol. The summed E-state index contributed by atoms with van der Waals surface area (Å²) in [6.07, 6.45) is -3.28. The van der Waals surface area contributed by atoms with E-state index in [-0.39, 0.29) is 31.1 Å². The largest absolute Gasteiger partial charge is 0.573 e. The van der Waals surface area contributed by atoms with Crippen molar-refractivity contribution in [1.29, 1.82) is 0 Å². The second kappa shape index (κ2) is 7.11. The van der Waals surface area contributed by atoms with Crippen LogP contribution in [0, 0.1) is 5.92 Å². The molecule has 2 heterocycles. The second-order valence-electron chi connectivity index (χ2n) is 5.82. The van der Waals surface area contributed by atoms with E-state index in [2.05, 4.69) is 10.1 Å². The number of benzene rings is 1. The number of nitrogens with zero attached hydrogens (tertiary/aromatic N) is 1. The number of halogens is 3. The molecule has 0 saturated carbocycles. The van der Waals surface area contributed by atoms with Gasteiger partial charge in [-0.15, -0.1) is 13.2 Å². The fraction of sp³-hybridized carbons (Fsp3) is 0.294. The Kier molecular flexibility index (Phi) is 4.88. The normalized spacial score (nSPS) is 17.4. The molecule has 9 heteroatoms. The third-order valence-electron chi connectivity index (χ3n) is 3.85. The van der Waals surface area contributed by atoms with Gasteiger partial charge in [0, 0.05) is 24.7 Å². The molecule has 1 atom stereocenters. The van der Waals surface area contributed by atoms with Gasteiger partial charge >= 0.3 is 6.36 Å². The van der Waals surface area contributed by atoms with Crippen LogP contribution in [-0.4, -0.2) is 29.6 Å². The zero-order chi connectivity index (χ0) is 18.7. The summed E-state index contributed by atoms with van der Waals surface area (Å²) in [5, 5.41) is 2.52. The van der Waals surface area contributed by atoms with Gasteiger partial charge in [0.25, 0.3) is 0 Å². The van der Waals surface area contributed by atoms with Crippen LogP contribution in [0.2, 0.25) is 0 Å². The van der Waals surface area contributed by atoms with E-state index in [1.165, 1.54) is 23.3 Å². The molecule has 1 N–H and O–H groups in total. The zero-order valence-electron chi connectivity index (χ0n) is 13.5. The predicted octanol–water partition coefficient (Wildman–Crippen LogP) is 3.17. The van der Waals surface area contributed by atoms with E-state index >= 15 is 0 Å². The number of hydrogen-bond acceptors (Lipinski definition) is 4. The van der Waals surface area contributed by atoms with E-state index in [4.69, 9.17) is 4.42 Å². The minimum Gasteiger partial charge on any atom is -0.467 e. The van der Waals surface area contributed by atoms with Gasteiger partial charge in [0.05, 0.1) is 18.7 Å². The van der Waals surface area contributed by atoms with Crippen molar-refractivity contribution in [3.05, 3.63) is 48.4 Å². The maximum absolute atomic E-state index is 12.3. The van der Waals surface area contributed by atoms with Gasteiger partial charge in [-0.05, 0) is 24.3 Å². The lowest BCUT2D eigenvalue weighted by molar-refractivity contribution is -0.274. The maximum atomic E-state index is 12.3. The smallest absolute Gasteiger partial charge is 0.467 e. The molecule has 3 rings (SSSR count). The third kappa shape index (κ3) is 4.56. The summed E-state index contributed by atoms with van der Waals surface area (Å²) in [4.78, 5) is 25.9. The number of hydrogen-bond donors (Lipinski definition) is 1. The lowest BCUT2D eigenvalue weighted by Gasteiger charge is -2.15. The number of nitrogens with one attached hydrogen (secondary N) is 1. The Bertz CT molecular complexity index is 790. The Morgan fingerprint density at radius 3 is 2.81 bits per heavy atom. The maximum Gasteiger partial charge on any atom is 0.573 e. The molecule has 138 valence electrons. The summed E-state index contributed by atoms with van der Waals surface area (Å²) in [6.45, 7) is 0.481. The highest BCUT2D eigenvalue weighted by atomic mass is 19.4. The van der Waals surface area contributed by atoms with Gasteiger partial charge in [0.2, 0.25) is 11.8 Å². The first-order valence-electron chi connectivity index (χ1n) is 7.77. The molecule has 0 bridgehead atoms. The molecule has 6 nitrogen and oxygen atoms in total. The van der Waals surface area contributed by atoms with Crippen LogP contribution in [0.5, 0.6) is 5.75 Å². The van der Waals surface area contributed by atoms with E-state index in [1.807, 2.05) is 0 Å². The monoisotopic (exact) mass is 368 g/mol. The molecule has 1 aliphatic heterocycles. The number of carbonyl (C=O) groups excluding carboxylic acids is 2. The number of furan rings is 1. The summed E-state index contributed by atoms with van der Waals surface area (Å²) >= 11 is 0. The van der Waals surface area contributed by atoms with Crippen molar-refractivity contribution < 1.29 is 31.9 Å². The Balaban J connectivity index is 1.60. The summed E-state index contributed by atoms with van der Waals surface area (Å²) in [5.41, 5.74) is 0.161. The number of carbonyl (C=O) groups is 2. The molecule has 2 amide bonds. The van der Waals surface area contributed by atoms with E-state index in [0.717, 1.165) is 12.1 Å². The van der Waals surface area contributed by atoms with E-state index in [1.54, 1.807) is 12.1 Å². The molecule has 1 fully saturated rings. The Morgan fingerprint density at radius 2 is 2.12 bits per heavy atom. The summed E-state index contributed by atoms with van der Waals surface area (Å²) in [7, 11) is 0. The van der Waals surface area contributed by atoms with Crippen LogP contribution in [0.15, 0.2) is 47.1 Å². The van der Waals surface area contributed by atoms with Gasteiger partial charge in [0.15, 0.2) is 0 Å². The number of likely N-dealkylation sites (tertiary alicyclic amines) is 1. The van der Waals surface area contributed by atoms with Crippen molar-refractivity contribution in [1.82, 2.24) is 4.90 Å². The molecule has 0 spiro atoms. The van der Waals surface area contributed by atoms with Gasteiger partial charge in [-0.1, -0.05) is 6.07 Å². The highest BCUT2D eigenvalue weighted by Gasteiger charge is 2.35. The minimum absolute atomic E-state index is 0.0330. The predicted molar refractivity (Wildman–Crippen MR) is 84.0 cm³/mol. The summed E-state index contributed by atoms with van der Waals surface area (Å²) in [6, 6.07) is 8.41. The van der Waals surface area contributed by atoms with Crippen LogP contribution >= 0.6 is 0 Å². The van der Waals surface area contributed by atoms with Crippen molar-refractivity contribution in [3.8, 4) is 5.75 Å². The molecule has 2 aromatic rings. The van der Waals surface area contributed by atoms with Crippen molar-refractivity contribution in [2.45, 2.75) is 19.3 Å². The Hall–Kier alpha value is -2.97. The summed E-state index contributed by atoms with van der Waals surface area (Å²) < 4.78 is 45.8. The van der Waals surface area contributed by atoms with Crippen LogP contribution in [0.1, 0.15) is 12.2 Å². The molecule has 0 aliphatic carbocycles. The average molecular weight is 368 g/mol. The molecule has 1 saturated heterocycles. The van der Waals surface area contributed by atoms with Gasteiger partial charge in [-0.2, -0.15) is 0 Å². The van der Waals surface area contributed by atoms with Crippen LogP contribution in [-0.2, 0) is 16.1 Å². The molecule has 0 unspecified atom stereocenters. The first kappa shape index (κ1) is 17.8. The SMILES string of the molecule is O=C(Nc1cccc(OC(F)(F)F)c1)[C@H]1CC(=O)N(Cc2ccco2)C1. The average Bonchev–Trinajstić information content (AvgIpc) is 3.17. The van der Waals surface area contributed by atoms with Gasteiger partial charge in [-0.25, -0.2) is 0 Å². The number of alkyl halides is 3. The van der Waals surface area contributed by atoms with Crippen LogP contribution in [0.3, 0.4) is 0 Å². The molecule has 1 aromatic carbocycles. The quantitative estimate of drug-likeness (QED) is 0.880. The molecule has 0 radical (unpaired) electrons. The lowest BCUT2D eigenvalue weighted by atomic mass is 10.1. The van der Waals surface area contributed by atoms with E-state index < -0.39 is 23.9 Å². The fourth-order valence-electron chi connectivity index (χ4n) is 2.71. The van der Waals surface area contributed by atoms with Crippen molar-refractivity contribution in [2.75, 3.05) is 11.9 Å².